The topological polar surface area (TPSA) is 38.7 Å². The van der Waals surface area contributed by atoms with Crippen LogP contribution in [-0.4, -0.2) is 25.7 Å². The van der Waals surface area contributed by atoms with Gasteiger partial charge in [-0.15, -0.1) is 0 Å². The lowest BCUT2D eigenvalue weighted by atomic mass is 11.6. The van der Waals surface area contributed by atoms with E-state index in [9.17, 15) is 0 Å². The Morgan fingerprint density at radius 3 is 2.38 bits per heavy atom. The number of rotatable bonds is 3. The normalized spacial score (nSPS) is 17.9. The highest BCUT2D eigenvalue weighted by Gasteiger charge is 2.05. The van der Waals surface area contributed by atoms with Crippen molar-refractivity contribution in [3.63, 3.8) is 0 Å². The lowest BCUT2D eigenvalue weighted by molar-refractivity contribution is 0.0966. The first kappa shape index (κ1) is 8.53. The summed E-state index contributed by atoms with van der Waals surface area (Å²) in [5.41, 5.74) is 0. The van der Waals surface area contributed by atoms with E-state index >= 15 is 0 Å². The Labute approximate surface area is 53.8 Å². The maximum absolute atomic E-state index is 8.19. The van der Waals surface area contributed by atoms with E-state index in [4.69, 9.17) is 21.4 Å². The molecule has 0 spiro atoms. The highest BCUT2D eigenvalue weighted by atomic mass is 32.5. The van der Waals surface area contributed by atoms with E-state index in [0.29, 0.717) is 0 Å². The van der Waals surface area contributed by atoms with Crippen LogP contribution in [0.3, 0.4) is 0 Å². The Kier molecular flexibility index (Phi) is 3.77. The second-order valence-electron chi connectivity index (χ2n) is 1.21. The average Bonchev–Trinajstić information content (AvgIpc) is 1.67. The molecule has 5 heteroatoms. The van der Waals surface area contributed by atoms with Gasteiger partial charge in [-0.25, -0.2) is 0 Å². The van der Waals surface area contributed by atoms with E-state index in [0.717, 1.165) is 0 Å². The molecular formula is C3H9O3PS. The second kappa shape index (κ2) is 3.54. The molecule has 50 valence electrons. The van der Waals surface area contributed by atoms with E-state index < -0.39 is 6.49 Å². The van der Waals surface area contributed by atoms with Crippen LogP contribution in [0.25, 0.3) is 0 Å². The zero-order valence-corrected chi connectivity index (χ0v) is 6.54. The van der Waals surface area contributed by atoms with Gasteiger partial charge in [0.25, 0.3) is 0 Å². The summed E-state index contributed by atoms with van der Waals surface area (Å²) in [6.07, 6.45) is 0. The number of hydrogen-bond donors (Lipinski definition) is 1. The Hall–Kier alpha value is 0.530. The quantitative estimate of drug-likeness (QED) is 0.478. The summed E-state index contributed by atoms with van der Waals surface area (Å²) in [6, 6.07) is 0. The summed E-state index contributed by atoms with van der Waals surface area (Å²) in [4.78, 5) is 0. The highest BCUT2D eigenvalue weighted by molar-refractivity contribution is 8.09. The Bertz CT molecular complexity index is 105. The lowest BCUT2D eigenvalue weighted by Crippen LogP contribution is -1.90. The van der Waals surface area contributed by atoms with Crippen LogP contribution >= 0.6 is 6.49 Å². The third-order valence-electron chi connectivity index (χ3n) is 0.624. The molecule has 8 heavy (non-hydrogen) atoms. The van der Waals surface area contributed by atoms with Gasteiger partial charge in [0.15, 0.2) is 13.3 Å². The van der Waals surface area contributed by atoms with E-state index in [1.54, 1.807) is 6.66 Å². The highest BCUT2D eigenvalue weighted by Crippen LogP contribution is 2.42. The van der Waals surface area contributed by atoms with Crippen molar-refractivity contribution in [3.05, 3.63) is 0 Å². The Balaban J connectivity index is 3.55. The Morgan fingerprint density at radius 2 is 2.25 bits per heavy atom. The van der Waals surface area contributed by atoms with E-state index in [1.165, 1.54) is 7.11 Å². The SMILES string of the molecule is COP(C)(=S)OCO. The predicted molar refractivity (Wildman–Crippen MR) is 35.4 cm³/mol. The van der Waals surface area contributed by atoms with Crippen molar-refractivity contribution in [2.24, 2.45) is 0 Å². The maximum Gasteiger partial charge on any atom is 0.187 e. The van der Waals surface area contributed by atoms with Gasteiger partial charge in [0.1, 0.15) is 0 Å². The van der Waals surface area contributed by atoms with Gasteiger partial charge in [-0.05, 0) is 11.8 Å². The minimum atomic E-state index is -2.09. The van der Waals surface area contributed by atoms with Crippen LogP contribution in [0, 0.1) is 0 Å². The van der Waals surface area contributed by atoms with Crippen LogP contribution in [0.15, 0.2) is 0 Å². The first-order chi connectivity index (χ1) is 3.62. The molecule has 3 nitrogen and oxygen atoms in total. The van der Waals surface area contributed by atoms with Crippen LogP contribution in [0.5, 0.6) is 0 Å². The third-order valence-corrected chi connectivity index (χ3v) is 2.64. The summed E-state index contributed by atoms with van der Waals surface area (Å²) in [5.74, 6) is 0. The summed E-state index contributed by atoms with van der Waals surface area (Å²) in [6.45, 7) is -0.798. The molecule has 0 aromatic heterocycles. The number of aliphatic hydroxyl groups excluding tert-OH is 1. The summed E-state index contributed by atoms with van der Waals surface area (Å²) >= 11 is 4.75. The molecular weight excluding hydrogens is 147 g/mol. The van der Waals surface area contributed by atoms with Crippen molar-refractivity contribution in [1.29, 1.82) is 0 Å². The van der Waals surface area contributed by atoms with Crippen molar-refractivity contribution >= 4 is 18.3 Å². The fourth-order valence-electron chi connectivity index (χ4n) is 0.158. The number of hydrogen-bond acceptors (Lipinski definition) is 4. The van der Waals surface area contributed by atoms with Crippen LogP contribution in [0.4, 0.5) is 0 Å². The molecule has 1 N–H and O–H groups in total. The van der Waals surface area contributed by atoms with Gasteiger partial charge in [-0.3, -0.25) is 0 Å². The number of aliphatic hydroxyl groups is 1. The molecule has 0 aromatic rings. The lowest BCUT2D eigenvalue weighted by Gasteiger charge is -2.11. The van der Waals surface area contributed by atoms with Crippen molar-refractivity contribution in [2.45, 2.75) is 0 Å². The fourth-order valence-corrected chi connectivity index (χ4v) is 0.614. The average molecular weight is 156 g/mol. The largest absolute Gasteiger partial charge is 0.370 e. The van der Waals surface area contributed by atoms with E-state index in [-0.39, 0.29) is 6.79 Å². The molecule has 0 aliphatic carbocycles. The van der Waals surface area contributed by atoms with Gasteiger partial charge in [-0.1, -0.05) is 0 Å². The summed E-state index contributed by atoms with van der Waals surface area (Å²) in [5, 5.41) is 8.19. The van der Waals surface area contributed by atoms with Crippen molar-refractivity contribution in [2.75, 3.05) is 20.6 Å². The van der Waals surface area contributed by atoms with Crippen LogP contribution in [-0.2, 0) is 20.9 Å². The molecule has 0 fully saturated rings. The Morgan fingerprint density at radius 1 is 1.75 bits per heavy atom. The van der Waals surface area contributed by atoms with Crippen molar-refractivity contribution < 1.29 is 14.2 Å². The molecule has 0 bridgehead atoms. The molecule has 0 amide bonds. The van der Waals surface area contributed by atoms with Crippen LogP contribution in [0.2, 0.25) is 0 Å². The molecule has 1 atom stereocenters. The molecule has 0 heterocycles. The third kappa shape index (κ3) is 3.52. The second-order valence-corrected chi connectivity index (χ2v) is 5.37. The zero-order valence-electron chi connectivity index (χ0n) is 4.83. The molecule has 0 aromatic carbocycles. The molecule has 0 radical (unpaired) electrons. The minimum absolute atomic E-state index is 0.360. The van der Waals surface area contributed by atoms with Crippen LogP contribution in [0.1, 0.15) is 0 Å². The molecule has 0 rings (SSSR count). The molecule has 0 saturated carbocycles. The summed E-state index contributed by atoms with van der Waals surface area (Å²) < 4.78 is 9.36. The van der Waals surface area contributed by atoms with Gasteiger partial charge in [0, 0.05) is 13.8 Å². The molecule has 0 aliphatic heterocycles. The van der Waals surface area contributed by atoms with Gasteiger partial charge in [0.05, 0.1) is 0 Å². The maximum atomic E-state index is 8.19. The monoisotopic (exact) mass is 156 g/mol. The minimum Gasteiger partial charge on any atom is -0.370 e. The summed E-state index contributed by atoms with van der Waals surface area (Å²) in [7, 11) is 1.47. The van der Waals surface area contributed by atoms with E-state index in [1.807, 2.05) is 0 Å². The smallest absolute Gasteiger partial charge is 0.187 e. The standard InChI is InChI=1S/C3H9O3PS/c1-5-7(2,8)6-3-4/h4H,3H2,1-2H3. The van der Waals surface area contributed by atoms with Crippen molar-refractivity contribution in [1.82, 2.24) is 0 Å². The predicted octanol–water partition coefficient (Wildman–Crippen LogP) is 0.538. The van der Waals surface area contributed by atoms with Gasteiger partial charge in [-0.2, -0.15) is 0 Å². The van der Waals surface area contributed by atoms with Gasteiger partial charge >= 0.3 is 0 Å². The molecule has 0 saturated heterocycles. The fraction of sp³-hybridized carbons (Fsp3) is 1.00. The first-order valence-electron chi connectivity index (χ1n) is 2.01. The van der Waals surface area contributed by atoms with Crippen molar-refractivity contribution in [3.8, 4) is 0 Å². The molecule has 1 unspecified atom stereocenters. The van der Waals surface area contributed by atoms with Gasteiger partial charge < -0.3 is 14.2 Å². The zero-order chi connectivity index (χ0) is 6.62. The first-order valence-corrected chi connectivity index (χ1v) is 5.09. The van der Waals surface area contributed by atoms with Crippen LogP contribution < -0.4 is 0 Å². The van der Waals surface area contributed by atoms with E-state index in [2.05, 4.69) is 4.52 Å². The molecule has 0 aliphatic rings. The van der Waals surface area contributed by atoms with Gasteiger partial charge in [0.2, 0.25) is 0 Å².